The molecule has 1 aliphatic heterocycles. The van der Waals surface area contributed by atoms with Crippen LogP contribution >= 0.6 is 0 Å². The van der Waals surface area contributed by atoms with Crippen LogP contribution in [0.5, 0.6) is 5.75 Å². The molecule has 1 aromatic carbocycles. The molecule has 0 aliphatic carbocycles. The molecule has 0 amide bonds. The van der Waals surface area contributed by atoms with E-state index in [4.69, 9.17) is 10.00 Å². The van der Waals surface area contributed by atoms with Crippen LogP contribution in [0.3, 0.4) is 0 Å². The van der Waals surface area contributed by atoms with Crippen molar-refractivity contribution in [2.45, 2.75) is 32.0 Å². The first kappa shape index (κ1) is 24.9. The third kappa shape index (κ3) is 5.26. The molecule has 10 heteroatoms. The molecule has 2 aromatic heterocycles. The van der Waals surface area contributed by atoms with Crippen LogP contribution < -0.4 is 4.74 Å². The Hall–Kier alpha value is -3.16. The van der Waals surface area contributed by atoms with Crippen molar-refractivity contribution in [3.8, 4) is 23.1 Å². The fourth-order valence-corrected chi connectivity index (χ4v) is 4.39. The van der Waals surface area contributed by atoms with Crippen LogP contribution in [0.25, 0.3) is 22.3 Å². The Morgan fingerprint density at radius 3 is 2.63 bits per heavy atom. The summed E-state index contributed by atoms with van der Waals surface area (Å²) in [7, 11) is 3.79. The molecule has 7 nitrogen and oxygen atoms in total. The Bertz CT molecular complexity index is 1260. The number of aryl methyl sites for hydroxylation is 1. The molecule has 0 saturated carbocycles. The van der Waals surface area contributed by atoms with Crippen LogP contribution in [-0.2, 0) is 13.2 Å². The number of halogens is 3. The van der Waals surface area contributed by atoms with Crippen LogP contribution in [0, 0.1) is 11.3 Å². The van der Waals surface area contributed by atoms with Gasteiger partial charge >= 0.3 is 6.18 Å². The second-order valence-corrected chi connectivity index (χ2v) is 9.59. The Kier molecular flexibility index (Phi) is 6.75. The van der Waals surface area contributed by atoms with Gasteiger partial charge < -0.3 is 14.2 Å². The number of fused-ring (bicyclic) bond motifs is 1. The molecule has 186 valence electrons. The van der Waals surface area contributed by atoms with Crippen molar-refractivity contribution in [1.29, 1.82) is 5.26 Å². The summed E-state index contributed by atoms with van der Waals surface area (Å²) >= 11 is 0. The zero-order valence-electron chi connectivity index (χ0n) is 20.4. The van der Waals surface area contributed by atoms with Crippen molar-refractivity contribution in [2.75, 3.05) is 39.8 Å². The number of aromatic nitrogens is 3. The Balaban J connectivity index is 1.48. The number of nitrogens with zero attached hydrogens (tertiary/aromatic N) is 6. The van der Waals surface area contributed by atoms with Crippen LogP contribution in [0.4, 0.5) is 13.2 Å². The smallest absolute Gasteiger partial charge is 0.419 e. The number of rotatable bonds is 6. The standard InChI is InChI=1S/C25H29F3N6O/c1-24(2)16-34(10-9-32(24)3)8-5-11-35-22-7-6-17(12-18(22)25(26,27)28)19-13-21-20(15-30-19)31-23(14-29)33(21)4/h6-7,12-13,15H,5,8-11,16H2,1-4H3. The topological polar surface area (TPSA) is 70.2 Å². The molecule has 0 N–H and O–H groups in total. The van der Waals surface area contributed by atoms with Crippen molar-refractivity contribution in [3.63, 3.8) is 0 Å². The summed E-state index contributed by atoms with van der Waals surface area (Å²) in [6.45, 7) is 8.17. The lowest BCUT2D eigenvalue weighted by atomic mass is 10.00. The van der Waals surface area contributed by atoms with Gasteiger partial charge in [-0.15, -0.1) is 0 Å². The maximum Gasteiger partial charge on any atom is 0.419 e. The van der Waals surface area contributed by atoms with Gasteiger partial charge in [-0.2, -0.15) is 18.4 Å². The number of hydrogen-bond donors (Lipinski definition) is 0. The van der Waals surface area contributed by atoms with Gasteiger partial charge in [-0.25, -0.2) is 4.98 Å². The van der Waals surface area contributed by atoms with E-state index in [0.717, 1.165) is 32.2 Å². The maximum atomic E-state index is 13.9. The molecule has 0 bridgehead atoms. The number of ether oxygens (including phenoxy) is 1. The average Bonchev–Trinajstić information content (AvgIpc) is 3.13. The third-order valence-corrected chi connectivity index (χ3v) is 6.72. The van der Waals surface area contributed by atoms with E-state index in [1.54, 1.807) is 23.7 Å². The van der Waals surface area contributed by atoms with E-state index in [-0.39, 0.29) is 23.7 Å². The first-order chi connectivity index (χ1) is 16.5. The number of likely N-dealkylation sites (N-methyl/N-ethyl adjacent to an activating group) is 1. The van der Waals surface area contributed by atoms with E-state index < -0.39 is 11.7 Å². The van der Waals surface area contributed by atoms with Crippen LogP contribution in [0.2, 0.25) is 0 Å². The van der Waals surface area contributed by atoms with Gasteiger partial charge in [0.05, 0.1) is 29.6 Å². The monoisotopic (exact) mass is 486 g/mol. The number of hydrogen-bond acceptors (Lipinski definition) is 6. The fourth-order valence-electron chi connectivity index (χ4n) is 4.39. The molecule has 1 fully saturated rings. The SMILES string of the molecule is CN1CCN(CCCOc2ccc(-c3cc4c(cn3)nc(C#N)n4C)cc2C(F)(F)F)CC1(C)C. The number of pyridine rings is 1. The predicted octanol–water partition coefficient (Wildman–Crippen LogP) is 4.32. The Labute approximate surface area is 202 Å². The molecule has 1 saturated heterocycles. The number of alkyl halides is 3. The quantitative estimate of drug-likeness (QED) is 0.484. The van der Waals surface area contributed by atoms with E-state index >= 15 is 0 Å². The van der Waals surface area contributed by atoms with Crippen LogP contribution in [-0.4, -0.2) is 69.7 Å². The van der Waals surface area contributed by atoms with Crippen LogP contribution in [0.15, 0.2) is 30.5 Å². The van der Waals surface area contributed by atoms with Crippen molar-refractivity contribution in [1.82, 2.24) is 24.3 Å². The summed E-state index contributed by atoms with van der Waals surface area (Å²) < 4.78 is 48.8. The molecule has 3 heterocycles. The van der Waals surface area contributed by atoms with Gasteiger partial charge in [0.25, 0.3) is 0 Å². The number of imidazole rings is 1. The first-order valence-corrected chi connectivity index (χ1v) is 11.5. The Morgan fingerprint density at radius 2 is 1.94 bits per heavy atom. The van der Waals surface area contributed by atoms with Crippen LogP contribution in [0.1, 0.15) is 31.7 Å². The van der Waals surface area contributed by atoms with E-state index in [9.17, 15) is 13.2 Å². The van der Waals surface area contributed by atoms with E-state index in [0.29, 0.717) is 28.7 Å². The highest BCUT2D eigenvalue weighted by molar-refractivity contribution is 5.80. The largest absolute Gasteiger partial charge is 0.493 e. The summed E-state index contributed by atoms with van der Waals surface area (Å²) in [5.74, 6) is 0.0205. The molecule has 0 radical (unpaired) electrons. The minimum absolute atomic E-state index is 0.0705. The van der Waals surface area contributed by atoms with Gasteiger partial charge in [0.1, 0.15) is 17.3 Å². The maximum absolute atomic E-state index is 13.9. The highest BCUT2D eigenvalue weighted by Gasteiger charge is 2.35. The summed E-state index contributed by atoms with van der Waals surface area (Å²) in [6, 6.07) is 7.61. The van der Waals surface area contributed by atoms with Gasteiger partial charge in [-0.05, 0) is 51.6 Å². The van der Waals surface area contributed by atoms with E-state index in [1.165, 1.54) is 12.3 Å². The number of nitriles is 1. The minimum atomic E-state index is -4.57. The molecule has 1 aliphatic rings. The average molecular weight is 487 g/mol. The molecular formula is C25H29F3N6O. The molecule has 0 unspecified atom stereocenters. The normalized spacial score (nSPS) is 17.0. The molecule has 35 heavy (non-hydrogen) atoms. The van der Waals surface area contributed by atoms with Crippen molar-refractivity contribution >= 4 is 11.0 Å². The zero-order valence-corrected chi connectivity index (χ0v) is 20.4. The molecule has 0 spiro atoms. The predicted molar refractivity (Wildman–Crippen MR) is 127 cm³/mol. The van der Waals surface area contributed by atoms with Gasteiger partial charge in [0.15, 0.2) is 0 Å². The summed E-state index contributed by atoms with van der Waals surface area (Å²) in [4.78, 5) is 13.1. The third-order valence-electron chi connectivity index (χ3n) is 6.72. The number of piperazine rings is 1. The van der Waals surface area contributed by atoms with E-state index in [1.807, 2.05) is 6.07 Å². The van der Waals surface area contributed by atoms with Gasteiger partial charge in [-0.3, -0.25) is 9.88 Å². The zero-order chi connectivity index (χ0) is 25.4. The molecule has 4 rings (SSSR count). The molecular weight excluding hydrogens is 457 g/mol. The highest BCUT2D eigenvalue weighted by atomic mass is 19.4. The number of benzene rings is 1. The highest BCUT2D eigenvalue weighted by Crippen LogP contribution is 2.39. The molecule has 3 aromatic rings. The second-order valence-electron chi connectivity index (χ2n) is 9.59. The van der Waals surface area contributed by atoms with Gasteiger partial charge in [0, 0.05) is 44.3 Å². The lowest BCUT2D eigenvalue weighted by Gasteiger charge is -2.45. The van der Waals surface area contributed by atoms with E-state index in [2.05, 4.69) is 40.7 Å². The minimum Gasteiger partial charge on any atom is -0.493 e. The van der Waals surface area contributed by atoms with Crippen molar-refractivity contribution in [2.24, 2.45) is 7.05 Å². The lowest BCUT2D eigenvalue weighted by molar-refractivity contribution is -0.138. The molecule has 0 atom stereocenters. The van der Waals surface area contributed by atoms with Gasteiger partial charge in [-0.1, -0.05) is 0 Å². The summed E-state index contributed by atoms with van der Waals surface area (Å²) in [5.41, 5.74) is 1.03. The van der Waals surface area contributed by atoms with Gasteiger partial charge in [0.2, 0.25) is 5.82 Å². The fraction of sp³-hybridized carbons (Fsp3) is 0.480. The first-order valence-electron chi connectivity index (χ1n) is 11.5. The second kappa shape index (κ2) is 9.47. The Morgan fingerprint density at radius 1 is 1.17 bits per heavy atom. The summed E-state index contributed by atoms with van der Waals surface area (Å²) in [5, 5.41) is 9.16. The lowest BCUT2D eigenvalue weighted by Crippen LogP contribution is -2.57. The van der Waals surface area contributed by atoms with Crippen molar-refractivity contribution < 1.29 is 17.9 Å². The summed E-state index contributed by atoms with van der Waals surface area (Å²) in [6.07, 6.45) is -2.47. The van der Waals surface area contributed by atoms with Crippen molar-refractivity contribution in [3.05, 3.63) is 41.9 Å².